The van der Waals surface area contributed by atoms with E-state index in [0.29, 0.717) is 16.5 Å². The summed E-state index contributed by atoms with van der Waals surface area (Å²) in [5.41, 5.74) is 5.32. The molecule has 4 rings (SSSR count). The molecule has 1 aliphatic carbocycles. The number of methoxy groups -OCH3 is 1. The fourth-order valence-corrected chi connectivity index (χ4v) is 4.45. The molecule has 4 heteroatoms. The average Bonchev–Trinajstić information content (AvgIpc) is 2.98. The molecule has 0 radical (unpaired) electrons. The first-order valence-electron chi connectivity index (χ1n) is 8.73. The smallest absolute Gasteiger partial charge is 0.338 e. The van der Waals surface area contributed by atoms with Gasteiger partial charge < -0.3 is 9.84 Å². The van der Waals surface area contributed by atoms with E-state index in [1.165, 1.54) is 23.8 Å². The van der Waals surface area contributed by atoms with Crippen LogP contribution in [0.2, 0.25) is 0 Å². The zero-order chi connectivity index (χ0) is 17.4. The summed E-state index contributed by atoms with van der Waals surface area (Å²) in [6, 6.07) is 14.5. The number of likely N-dealkylation sites (tertiary alicyclic amines) is 1. The van der Waals surface area contributed by atoms with Crippen LogP contribution in [-0.4, -0.2) is 36.2 Å². The number of carbonyl (C=O) groups excluding carboxylic acids is 1. The fraction of sp³-hybridized carbons (Fsp3) is 0.381. The quantitative estimate of drug-likeness (QED) is 0.871. The van der Waals surface area contributed by atoms with Crippen LogP contribution in [0.15, 0.2) is 42.5 Å². The van der Waals surface area contributed by atoms with Gasteiger partial charge in [0.25, 0.3) is 0 Å². The zero-order valence-corrected chi connectivity index (χ0v) is 14.5. The number of ether oxygens (including phenoxy) is 1. The molecular formula is C21H23NO3. The molecule has 1 aliphatic heterocycles. The van der Waals surface area contributed by atoms with Gasteiger partial charge in [0.2, 0.25) is 0 Å². The van der Waals surface area contributed by atoms with Crippen molar-refractivity contribution in [3.8, 4) is 0 Å². The summed E-state index contributed by atoms with van der Waals surface area (Å²) in [5, 5.41) is 9.59. The Bertz CT molecular complexity index is 794. The maximum atomic E-state index is 12.0. The lowest BCUT2D eigenvalue weighted by atomic mass is 9.77. The number of aliphatic hydroxyl groups excluding tert-OH is 1. The third kappa shape index (κ3) is 2.96. The molecule has 130 valence electrons. The Balaban J connectivity index is 1.48. The van der Waals surface area contributed by atoms with E-state index < -0.39 is 0 Å². The first-order valence-corrected chi connectivity index (χ1v) is 8.73. The molecule has 1 heterocycles. The molecule has 0 bridgehead atoms. The molecule has 2 aliphatic rings. The van der Waals surface area contributed by atoms with Crippen molar-refractivity contribution in [1.29, 1.82) is 0 Å². The fourth-order valence-electron chi connectivity index (χ4n) is 4.45. The number of rotatable bonds is 4. The minimum atomic E-state index is -0.368. The molecule has 2 aromatic carbocycles. The van der Waals surface area contributed by atoms with E-state index in [1.54, 1.807) is 0 Å². The molecule has 0 unspecified atom stereocenters. The normalized spacial score (nSPS) is 18.0. The van der Waals surface area contributed by atoms with Crippen molar-refractivity contribution >= 4 is 5.97 Å². The second kappa shape index (κ2) is 6.28. The molecule has 1 fully saturated rings. The summed E-state index contributed by atoms with van der Waals surface area (Å²) in [4.78, 5) is 14.4. The maximum Gasteiger partial charge on any atom is 0.338 e. The van der Waals surface area contributed by atoms with Crippen molar-refractivity contribution in [2.45, 2.75) is 26.0 Å². The number of hydrogen-bond donors (Lipinski definition) is 1. The Morgan fingerprint density at radius 3 is 2.48 bits per heavy atom. The highest BCUT2D eigenvalue weighted by Gasteiger charge is 2.46. The number of carbonyl (C=O) groups is 1. The minimum Gasteiger partial charge on any atom is -0.465 e. The first kappa shape index (κ1) is 16.3. The van der Waals surface area contributed by atoms with Gasteiger partial charge in [-0.2, -0.15) is 0 Å². The number of nitrogens with zero attached hydrogens (tertiary/aromatic N) is 1. The summed E-state index contributed by atoms with van der Waals surface area (Å²) in [5.74, 6) is -0.368. The molecule has 1 saturated heterocycles. The SMILES string of the molecule is COC(=O)c1cc2c(cc1CO)CC1(C2)CN(Cc2ccccc2)C1. The Morgan fingerprint density at radius 1 is 1.16 bits per heavy atom. The van der Waals surface area contributed by atoms with Gasteiger partial charge in [-0.05, 0) is 41.2 Å². The zero-order valence-electron chi connectivity index (χ0n) is 14.5. The summed E-state index contributed by atoms with van der Waals surface area (Å²) < 4.78 is 4.86. The number of esters is 1. The molecule has 0 atom stereocenters. The van der Waals surface area contributed by atoms with Crippen molar-refractivity contribution in [2.75, 3.05) is 20.2 Å². The molecule has 0 aromatic heterocycles. The van der Waals surface area contributed by atoms with E-state index in [4.69, 9.17) is 4.74 Å². The van der Waals surface area contributed by atoms with Crippen molar-refractivity contribution < 1.29 is 14.6 Å². The summed E-state index contributed by atoms with van der Waals surface area (Å²) in [6.45, 7) is 3.02. The second-order valence-corrected chi connectivity index (χ2v) is 7.41. The van der Waals surface area contributed by atoms with Gasteiger partial charge >= 0.3 is 5.97 Å². The largest absolute Gasteiger partial charge is 0.465 e. The molecular weight excluding hydrogens is 314 g/mol. The van der Waals surface area contributed by atoms with E-state index in [-0.39, 0.29) is 12.6 Å². The topological polar surface area (TPSA) is 49.8 Å². The lowest BCUT2D eigenvalue weighted by Gasteiger charge is -2.48. The minimum absolute atomic E-state index is 0.134. The van der Waals surface area contributed by atoms with Crippen LogP contribution in [0.25, 0.3) is 0 Å². The van der Waals surface area contributed by atoms with Crippen LogP contribution < -0.4 is 0 Å². The molecule has 25 heavy (non-hydrogen) atoms. The lowest BCUT2D eigenvalue weighted by molar-refractivity contribution is 0.00242. The summed E-state index contributed by atoms with van der Waals surface area (Å²) >= 11 is 0. The van der Waals surface area contributed by atoms with E-state index in [9.17, 15) is 9.90 Å². The van der Waals surface area contributed by atoms with Crippen LogP contribution in [0.1, 0.15) is 32.6 Å². The first-order chi connectivity index (χ1) is 12.1. The summed E-state index contributed by atoms with van der Waals surface area (Å²) in [7, 11) is 1.38. The highest BCUT2D eigenvalue weighted by Crippen LogP contribution is 2.45. The van der Waals surface area contributed by atoms with E-state index >= 15 is 0 Å². The average molecular weight is 337 g/mol. The third-order valence-corrected chi connectivity index (χ3v) is 5.50. The van der Waals surface area contributed by atoms with Gasteiger partial charge in [-0.1, -0.05) is 36.4 Å². The monoisotopic (exact) mass is 337 g/mol. The molecule has 1 spiro atoms. The van der Waals surface area contributed by atoms with E-state index in [1.807, 2.05) is 18.2 Å². The number of aliphatic hydroxyl groups is 1. The molecule has 0 saturated carbocycles. The molecule has 2 aromatic rings. The van der Waals surface area contributed by atoms with Crippen molar-refractivity contribution in [3.63, 3.8) is 0 Å². The van der Waals surface area contributed by atoms with Crippen LogP contribution >= 0.6 is 0 Å². The van der Waals surface area contributed by atoms with Crippen LogP contribution in [0, 0.1) is 5.41 Å². The van der Waals surface area contributed by atoms with E-state index in [0.717, 1.165) is 32.5 Å². The van der Waals surface area contributed by atoms with Crippen LogP contribution in [-0.2, 0) is 30.7 Å². The van der Waals surface area contributed by atoms with E-state index in [2.05, 4.69) is 29.2 Å². The summed E-state index contributed by atoms with van der Waals surface area (Å²) in [6.07, 6.45) is 2.03. The van der Waals surface area contributed by atoms with Gasteiger partial charge in [-0.15, -0.1) is 0 Å². The van der Waals surface area contributed by atoms with Crippen LogP contribution in [0.3, 0.4) is 0 Å². The van der Waals surface area contributed by atoms with Crippen molar-refractivity contribution in [3.05, 3.63) is 70.3 Å². The number of benzene rings is 2. The van der Waals surface area contributed by atoms with Gasteiger partial charge in [0.15, 0.2) is 0 Å². The predicted molar refractivity (Wildman–Crippen MR) is 95.3 cm³/mol. The van der Waals surface area contributed by atoms with Crippen molar-refractivity contribution in [1.82, 2.24) is 4.90 Å². The Kier molecular flexibility index (Phi) is 4.10. The molecule has 1 N–H and O–H groups in total. The van der Waals surface area contributed by atoms with Gasteiger partial charge in [-0.25, -0.2) is 4.79 Å². The highest BCUT2D eigenvalue weighted by atomic mass is 16.5. The number of hydrogen-bond acceptors (Lipinski definition) is 4. The Hall–Kier alpha value is -2.17. The van der Waals surface area contributed by atoms with Crippen LogP contribution in [0.5, 0.6) is 0 Å². The predicted octanol–water partition coefficient (Wildman–Crippen LogP) is 2.57. The highest BCUT2D eigenvalue weighted by molar-refractivity contribution is 5.91. The standard InChI is InChI=1S/C21H23NO3/c1-25-20(24)19-8-17-10-21(9-16(17)7-18(19)12-23)13-22(14-21)11-15-5-3-2-4-6-15/h2-8,23H,9-14H2,1H3. The van der Waals surface area contributed by atoms with Gasteiger partial charge in [0.1, 0.15) is 0 Å². The molecule has 4 nitrogen and oxygen atoms in total. The second-order valence-electron chi connectivity index (χ2n) is 7.41. The Morgan fingerprint density at radius 2 is 1.84 bits per heavy atom. The lowest BCUT2D eigenvalue weighted by Crippen LogP contribution is -2.56. The van der Waals surface area contributed by atoms with Gasteiger partial charge in [-0.3, -0.25) is 4.90 Å². The van der Waals surface area contributed by atoms with Crippen LogP contribution in [0.4, 0.5) is 0 Å². The molecule has 0 amide bonds. The van der Waals surface area contributed by atoms with Gasteiger partial charge in [0.05, 0.1) is 19.3 Å². The Labute approximate surface area is 148 Å². The van der Waals surface area contributed by atoms with Gasteiger partial charge in [0, 0.05) is 25.0 Å². The third-order valence-electron chi connectivity index (χ3n) is 5.50. The number of fused-ring (bicyclic) bond motifs is 1. The maximum absolute atomic E-state index is 12.0. The van der Waals surface area contributed by atoms with Crippen molar-refractivity contribution in [2.24, 2.45) is 5.41 Å².